The van der Waals surface area contributed by atoms with Crippen LogP contribution in [0.1, 0.15) is 29.0 Å². The lowest BCUT2D eigenvalue weighted by molar-refractivity contribution is -0.171. The predicted molar refractivity (Wildman–Crippen MR) is 87.0 cm³/mol. The van der Waals surface area contributed by atoms with Gasteiger partial charge in [0.1, 0.15) is 0 Å². The molecule has 1 heterocycles. The number of aryl methyl sites for hydroxylation is 1. The van der Waals surface area contributed by atoms with E-state index in [1.807, 2.05) is 25.1 Å². The highest BCUT2D eigenvalue weighted by atomic mass is 19.4. The van der Waals surface area contributed by atoms with Gasteiger partial charge in [-0.2, -0.15) is 13.2 Å². The summed E-state index contributed by atoms with van der Waals surface area (Å²) in [6, 6.07) is 14.6. The Morgan fingerprint density at radius 1 is 1.12 bits per heavy atom. The minimum Gasteiger partial charge on any atom is -0.361 e. The van der Waals surface area contributed by atoms with Crippen LogP contribution in [0.4, 0.5) is 13.2 Å². The first-order valence-corrected chi connectivity index (χ1v) is 7.59. The van der Waals surface area contributed by atoms with Crippen LogP contribution in [0, 0.1) is 6.92 Å². The monoisotopic (exact) mass is 331 g/mol. The third kappa shape index (κ3) is 3.20. The summed E-state index contributed by atoms with van der Waals surface area (Å²) in [5, 5.41) is 0.846. The molecule has 0 amide bonds. The number of carbonyl (C=O) groups is 1. The molecule has 0 aliphatic rings. The number of aromatic amines is 1. The highest BCUT2D eigenvalue weighted by molar-refractivity contribution is 5.88. The van der Waals surface area contributed by atoms with Crippen molar-refractivity contribution in [3.05, 3.63) is 71.4 Å². The summed E-state index contributed by atoms with van der Waals surface area (Å²) in [5.74, 6) is -2.35. The van der Waals surface area contributed by atoms with Gasteiger partial charge in [-0.15, -0.1) is 0 Å². The minimum atomic E-state index is -4.82. The van der Waals surface area contributed by atoms with E-state index >= 15 is 0 Å². The van der Waals surface area contributed by atoms with E-state index in [4.69, 9.17) is 0 Å². The zero-order valence-electron chi connectivity index (χ0n) is 13.0. The van der Waals surface area contributed by atoms with Crippen molar-refractivity contribution in [2.45, 2.75) is 25.4 Å². The van der Waals surface area contributed by atoms with Crippen LogP contribution in [-0.2, 0) is 4.79 Å². The molecule has 1 aromatic heterocycles. The van der Waals surface area contributed by atoms with Gasteiger partial charge < -0.3 is 4.98 Å². The summed E-state index contributed by atoms with van der Waals surface area (Å²) >= 11 is 0. The van der Waals surface area contributed by atoms with Crippen LogP contribution in [0.25, 0.3) is 10.9 Å². The maximum absolute atomic E-state index is 12.8. The van der Waals surface area contributed by atoms with Gasteiger partial charge in [0.2, 0.25) is 5.78 Å². The predicted octanol–water partition coefficient (Wildman–Crippen LogP) is 5.13. The number of halogens is 3. The maximum atomic E-state index is 12.8. The molecule has 0 fully saturated rings. The number of H-pyrrole nitrogens is 1. The van der Waals surface area contributed by atoms with Gasteiger partial charge in [-0.1, -0.05) is 42.0 Å². The van der Waals surface area contributed by atoms with E-state index in [2.05, 4.69) is 4.98 Å². The van der Waals surface area contributed by atoms with Crippen LogP contribution < -0.4 is 0 Å². The summed E-state index contributed by atoms with van der Waals surface area (Å²) < 4.78 is 38.4. The van der Waals surface area contributed by atoms with E-state index < -0.39 is 24.3 Å². The second-order valence-electron chi connectivity index (χ2n) is 5.88. The smallest absolute Gasteiger partial charge is 0.361 e. The van der Waals surface area contributed by atoms with Crippen LogP contribution in [-0.4, -0.2) is 16.9 Å². The van der Waals surface area contributed by atoms with E-state index in [1.165, 1.54) is 0 Å². The summed E-state index contributed by atoms with van der Waals surface area (Å²) in [6.45, 7) is 1.93. The summed E-state index contributed by atoms with van der Waals surface area (Å²) in [7, 11) is 0. The van der Waals surface area contributed by atoms with Gasteiger partial charge in [0, 0.05) is 29.4 Å². The lowest BCUT2D eigenvalue weighted by Crippen LogP contribution is -2.25. The fraction of sp³-hybridized carbons (Fsp3) is 0.211. The quantitative estimate of drug-likeness (QED) is 0.706. The number of alkyl halides is 3. The van der Waals surface area contributed by atoms with Gasteiger partial charge in [0.25, 0.3) is 0 Å². The Hall–Kier alpha value is -2.56. The second-order valence-corrected chi connectivity index (χ2v) is 5.88. The van der Waals surface area contributed by atoms with Crippen molar-refractivity contribution in [1.82, 2.24) is 4.98 Å². The van der Waals surface area contributed by atoms with Crippen molar-refractivity contribution in [3.8, 4) is 0 Å². The number of benzene rings is 2. The van der Waals surface area contributed by atoms with Gasteiger partial charge >= 0.3 is 6.18 Å². The van der Waals surface area contributed by atoms with E-state index in [-0.39, 0.29) is 0 Å². The normalized spacial score (nSPS) is 13.2. The third-order valence-corrected chi connectivity index (χ3v) is 4.15. The first-order valence-electron chi connectivity index (χ1n) is 7.59. The molecule has 0 bridgehead atoms. The number of nitrogens with one attached hydrogen (secondary N) is 1. The van der Waals surface area contributed by atoms with Crippen molar-refractivity contribution in [2.24, 2.45) is 0 Å². The Morgan fingerprint density at radius 2 is 1.83 bits per heavy atom. The Morgan fingerprint density at radius 3 is 2.50 bits per heavy atom. The fourth-order valence-electron chi connectivity index (χ4n) is 2.94. The van der Waals surface area contributed by atoms with Crippen molar-refractivity contribution in [2.75, 3.05) is 0 Å². The highest BCUT2D eigenvalue weighted by Crippen LogP contribution is 2.36. The van der Waals surface area contributed by atoms with Gasteiger partial charge in [0.15, 0.2) is 0 Å². The molecule has 124 valence electrons. The fourth-order valence-corrected chi connectivity index (χ4v) is 2.94. The summed E-state index contributed by atoms with van der Waals surface area (Å²) in [6.07, 6.45) is -3.73. The van der Waals surface area contributed by atoms with E-state index in [0.717, 1.165) is 16.5 Å². The molecule has 3 rings (SSSR count). The van der Waals surface area contributed by atoms with Gasteiger partial charge in [-0.25, -0.2) is 0 Å². The first-order chi connectivity index (χ1) is 11.4. The molecule has 3 aromatic rings. The molecular weight excluding hydrogens is 315 g/mol. The first kappa shape index (κ1) is 16.3. The summed E-state index contributed by atoms with van der Waals surface area (Å²) in [4.78, 5) is 14.7. The number of ketones is 1. The van der Waals surface area contributed by atoms with Crippen LogP contribution in [0.5, 0.6) is 0 Å². The number of hydrogen-bond donors (Lipinski definition) is 1. The minimum absolute atomic E-state index is 0.603. The SMILES string of the molecule is Cc1ccc2[nH]cc([C@@H](CC(=O)C(F)(F)F)c3ccccc3)c2c1. The lowest BCUT2D eigenvalue weighted by Gasteiger charge is -2.17. The average Bonchev–Trinajstić information content (AvgIpc) is 2.95. The van der Waals surface area contributed by atoms with Gasteiger partial charge in [-0.3, -0.25) is 4.79 Å². The number of carbonyl (C=O) groups excluding carboxylic acids is 1. The zero-order valence-corrected chi connectivity index (χ0v) is 13.0. The van der Waals surface area contributed by atoms with Crippen molar-refractivity contribution in [1.29, 1.82) is 0 Å². The van der Waals surface area contributed by atoms with Crippen molar-refractivity contribution >= 4 is 16.7 Å². The molecule has 2 aromatic carbocycles. The second kappa shape index (κ2) is 6.15. The largest absolute Gasteiger partial charge is 0.450 e. The molecule has 5 heteroatoms. The molecule has 0 aliphatic carbocycles. The van der Waals surface area contributed by atoms with E-state index in [0.29, 0.717) is 11.1 Å². The molecule has 0 unspecified atom stereocenters. The lowest BCUT2D eigenvalue weighted by atomic mass is 9.86. The topological polar surface area (TPSA) is 32.9 Å². The summed E-state index contributed by atoms with van der Waals surface area (Å²) in [5.41, 5.74) is 3.25. The Kier molecular flexibility index (Phi) is 4.18. The molecule has 0 spiro atoms. The molecule has 1 atom stereocenters. The number of hydrogen-bond acceptors (Lipinski definition) is 1. The highest BCUT2D eigenvalue weighted by Gasteiger charge is 2.40. The van der Waals surface area contributed by atoms with Crippen LogP contribution in [0.15, 0.2) is 54.7 Å². The van der Waals surface area contributed by atoms with Crippen LogP contribution in [0.3, 0.4) is 0 Å². The number of rotatable bonds is 4. The molecular formula is C19H16F3NO. The third-order valence-electron chi connectivity index (χ3n) is 4.15. The van der Waals surface area contributed by atoms with Crippen LogP contribution in [0.2, 0.25) is 0 Å². The molecule has 0 saturated carbocycles. The molecule has 0 aliphatic heterocycles. The van der Waals surface area contributed by atoms with Gasteiger partial charge in [-0.05, 0) is 30.2 Å². The number of aromatic nitrogens is 1. The number of Topliss-reactive ketones (excluding diaryl/α,β-unsaturated/α-hetero) is 1. The van der Waals surface area contributed by atoms with Gasteiger partial charge in [0.05, 0.1) is 0 Å². The zero-order chi connectivity index (χ0) is 17.3. The Bertz CT molecular complexity index is 865. The van der Waals surface area contributed by atoms with Crippen molar-refractivity contribution in [3.63, 3.8) is 0 Å². The Labute approximate surface area is 137 Å². The standard InChI is InChI=1S/C19H16F3NO/c1-12-7-8-17-15(9-12)16(11-23-17)14(10-18(24)19(20,21)22)13-5-3-2-4-6-13/h2-9,11,14,23H,10H2,1H3/t14-/m0/s1. The maximum Gasteiger partial charge on any atom is 0.450 e. The number of fused-ring (bicyclic) bond motifs is 1. The van der Waals surface area contributed by atoms with E-state index in [9.17, 15) is 18.0 Å². The van der Waals surface area contributed by atoms with E-state index in [1.54, 1.807) is 36.5 Å². The molecule has 0 radical (unpaired) electrons. The molecule has 2 nitrogen and oxygen atoms in total. The molecule has 24 heavy (non-hydrogen) atoms. The molecule has 1 N–H and O–H groups in total. The average molecular weight is 331 g/mol. The van der Waals surface area contributed by atoms with Crippen molar-refractivity contribution < 1.29 is 18.0 Å². The van der Waals surface area contributed by atoms with Crippen LogP contribution >= 0.6 is 0 Å². The Balaban J connectivity index is 2.10. The molecule has 0 saturated heterocycles.